The first-order valence-corrected chi connectivity index (χ1v) is 8.40. The fraction of sp³-hybridized carbons (Fsp3) is 0.312. The summed E-state index contributed by atoms with van der Waals surface area (Å²) in [6, 6.07) is 9.45. The van der Waals surface area contributed by atoms with Gasteiger partial charge >= 0.3 is 0 Å². The molecule has 0 aliphatic carbocycles. The Morgan fingerprint density at radius 3 is 2.55 bits per heavy atom. The van der Waals surface area contributed by atoms with Gasteiger partial charge in [0.2, 0.25) is 5.91 Å². The molecule has 1 unspecified atom stereocenters. The van der Waals surface area contributed by atoms with Crippen molar-refractivity contribution in [2.45, 2.75) is 19.4 Å². The van der Waals surface area contributed by atoms with Gasteiger partial charge in [-0.25, -0.2) is 0 Å². The number of amides is 1. The predicted molar refractivity (Wildman–Crippen MR) is 91.8 cm³/mol. The number of thiophene rings is 1. The van der Waals surface area contributed by atoms with Crippen molar-refractivity contribution in [1.29, 1.82) is 0 Å². The molecule has 1 aromatic carbocycles. The van der Waals surface area contributed by atoms with E-state index in [2.05, 4.69) is 21.2 Å². The van der Waals surface area contributed by atoms with Crippen LogP contribution in [0, 0.1) is 0 Å². The molecule has 0 saturated carbocycles. The number of hydrogen-bond acceptors (Lipinski definition) is 4. The molecule has 4 nitrogen and oxygen atoms in total. The molecule has 1 atom stereocenters. The molecular formula is C16H18BrNO3S. The molecule has 2 rings (SSSR count). The highest BCUT2D eigenvalue weighted by atomic mass is 79.9. The normalized spacial score (nSPS) is 11.8. The van der Waals surface area contributed by atoms with E-state index >= 15 is 0 Å². The molecule has 1 N–H and O–H groups in total. The first-order chi connectivity index (χ1) is 10.5. The lowest BCUT2D eigenvalue weighted by Gasteiger charge is -2.16. The minimum atomic E-state index is -0.101. The molecule has 0 spiro atoms. The van der Waals surface area contributed by atoms with Gasteiger partial charge in [0.15, 0.2) is 11.5 Å². The van der Waals surface area contributed by atoms with E-state index in [1.807, 2.05) is 37.3 Å². The number of halogens is 1. The third-order valence-electron chi connectivity index (χ3n) is 3.25. The fourth-order valence-corrected chi connectivity index (χ4v) is 3.58. The van der Waals surface area contributed by atoms with Crippen LogP contribution in [0.15, 0.2) is 34.1 Å². The average molecular weight is 384 g/mol. The number of hydrogen-bond donors (Lipinski definition) is 1. The van der Waals surface area contributed by atoms with Crippen LogP contribution in [0.1, 0.15) is 23.4 Å². The summed E-state index contributed by atoms with van der Waals surface area (Å²) in [6.07, 6.45) is 0.383. The Balaban J connectivity index is 2.02. The Labute approximate surface area is 142 Å². The van der Waals surface area contributed by atoms with Crippen molar-refractivity contribution in [3.8, 4) is 11.5 Å². The van der Waals surface area contributed by atoms with Crippen LogP contribution in [0.25, 0.3) is 0 Å². The van der Waals surface area contributed by atoms with Gasteiger partial charge in [0, 0.05) is 4.88 Å². The Morgan fingerprint density at radius 2 is 1.95 bits per heavy atom. The van der Waals surface area contributed by atoms with Gasteiger partial charge in [-0.2, -0.15) is 0 Å². The molecule has 6 heteroatoms. The second-order valence-corrected chi connectivity index (χ2v) is 7.33. The summed E-state index contributed by atoms with van der Waals surface area (Å²) in [7, 11) is 3.20. The maximum absolute atomic E-state index is 12.1. The Bertz CT molecular complexity index is 657. The number of rotatable bonds is 6. The second kappa shape index (κ2) is 7.65. The lowest BCUT2D eigenvalue weighted by molar-refractivity contribution is -0.121. The number of carbonyl (C=O) groups is 1. The quantitative estimate of drug-likeness (QED) is 0.821. The lowest BCUT2D eigenvalue weighted by atomic mass is 10.1. The summed E-state index contributed by atoms with van der Waals surface area (Å²) in [4.78, 5) is 13.1. The largest absolute Gasteiger partial charge is 0.493 e. The van der Waals surface area contributed by atoms with Gasteiger partial charge in [0.05, 0.1) is 30.5 Å². The van der Waals surface area contributed by atoms with E-state index < -0.39 is 0 Å². The summed E-state index contributed by atoms with van der Waals surface area (Å²) in [5, 5.41) is 3.00. The van der Waals surface area contributed by atoms with Crippen molar-refractivity contribution < 1.29 is 14.3 Å². The fourth-order valence-electron chi connectivity index (χ4n) is 2.10. The molecule has 1 aromatic heterocycles. The molecule has 0 fully saturated rings. The molecule has 1 heterocycles. The number of benzene rings is 1. The Kier molecular flexibility index (Phi) is 5.85. The Morgan fingerprint density at radius 1 is 1.23 bits per heavy atom. The van der Waals surface area contributed by atoms with Crippen molar-refractivity contribution >= 4 is 33.2 Å². The average Bonchev–Trinajstić information content (AvgIpc) is 2.91. The molecule has 0 aliphatic heterocycles. The molecule has 118 valence electrons. The molecular weight excluding hydrogens is 366 g/mol. The van der Waals surface area contributed by atoms with E-state index in [0.717, 1.165) is 14.2 Å². The van der Waals surface area contributed by atoms with Gasteiger partial charge in [0.25, 0.3) is 0 Å². The molecule has 22 heavy (non-hydrogen) atoms. The summed E-state index contributed by atoms with van der Waals surface area (Å²) in [5.74, 6) is 1.33. The smallest absolute Gasteiger partial charge is 0.225 e. The molecule has 0 saturated heterocycles. The number of carbonyl (C=O) groups excluding carboxylic acids is 1. The molecule has 1 amide bonds. The SMILES string of the molecule is COc1ccc(C(C)NC(=O)Cc2ccc(Br)s2)cc1OC. The summed E-state index contributed by atoms with van der Waals surface area (Å²) in [6.45, 7) is 1.95. The molecule has 0 bridgehead atoms. The highest BCUT2D eigenvalue weighted by molar-refractivity contribution is 9.11. The van der Waals surface area contributed by atoms with E-state index in [1.165, 1.54) is 0 Å². The summed E-state index contributed by atoms with van der Waals surface area (Å²) >= 11 is 4.97. The zero-order valence-electron chi connectivity index (χ0n) is 12.7. The van der Waals surface area contributed by atoms with Crippen molar-refractivity contribution in [1.82, 2.24) is 5.32 Å². The van der Waals surface area contributed by atoms with Crippen LogP contribution < -0.4 is 14.8 Å². The maximum Gasteiger partial charge on any atom is 0.225 e. The maximum atomic E-state index is 12.1. The first kappa shape index (κ1) is 16.8. The number of ether oxygens (including phenoxy) is 2. The second-order valence-electron chi connectivity index (χ2n) is 4.79. The third kappa shape index (κ3) is 4.24. The summed E-state index contributed by atoms with van der Waals surface area (Å²) < 4.78 is 11.5. The van der Waals surface area contributed by atoms with Crippen molar-refractivity contribution in [2.75, 3.05) is 14.2 Å². The first-order valence-electron chi connectivity index (χ1n) is 6.79. The van der Waals surface area contributed by atoms with Gasteiger partial charge in [-0.15, -0.1) is 11.3 Å². The highest BCUT2D eigenvalue weighted by Crippen LogP contribution is 2.30. The van der Waals surface area contributed by atoms with Crippen LogP contribution in [0.2, 0.25) is 0 Å². The van der Waals surface area contributed by atoms with E-state index in [-0.39, 0.29) is 11.9 Å². The molecule has 0 aliphatic rings. The predicted octanol–water partition coefficient (Wildman–Crippen LogP) is 3.95. The van der Waals surface area contributed by atoms with E-state index in [4.69, 9.17) is 9.47 Å². The summed E-state index contributed by atoms with van der Waals surface area (Å²) in [5.41, 5.74) is 0.971. The zero-order chi connectivity index (χ0) is 16.1. The van der Waals surface area contributed by atoms with Gasteiger partial charge < -0.3 is 14.8 Å². The van der Waals surface area contributed by atoms with Gasteiger partial charge in [0.1, 0.15) is 0 Å². The Hall–Kier alpha value is -1.53. The van der Waals surface area contributed by atoms with Crippen molar-refractivity contribution in [3.05, 3.63) is 44.6 Å². The monoisotopic (exact) mass is 383 g/mol. The van der Waals surface area contributed by atoms with Crippen LogP contribution in [0.4, 0.5) is 0 Å². The van der Waals surface area contributed by atoms with Gasteiger partial charge in [-0.05, 0) is 52.7 Å². The van der Waals surface area contributed by atoms with Crippen molar-refractivity contribution in [3.63, 3.8) is 0 Å². The third-order valence-corrected chi connectivity index (χ3v) is 4.87. The lowest BCUT2D eigenvalue weighted by Crippen LogP contribution is -2.27. The number of methoxy groups -OCH3 is 2. The standard InChI is InChI=1S/C16H18BrNO3S/c1-10(11-4-6-13(20-2)14(8-11)21-3)18-16(19)9-12-5-7-15(17)22-12/h4-8,10H,9H2,1-3H3,(H,18,19). The van der Waals surface area contributed by atoms with Gasteiger partial charge in [-0.1, -0.05) is 6.07 Å². The molecule has 2 aromatic rings. The van der Waals surface area contributed by atoms with E-state index in [9.17, 15) is 4.79 Å². The van der Waals surface area contributed by atoms with Gasteiger partial charge in [-0.3, -0.25) is 4.79 Å². The van der Waals surface area contributed by atoms with E-state index in [1.54, 1.807) is 25.6 Å². The van der Waals surface area contributed by atoms with Crippen molar-refractivity contribution in [2.24, 2.45) is 0 Å². The molecule has 0 radical (unpaired) electrons. The van der Waals surface area contributed by atoms with Crippen LogP contribution in [-0.2, 0) is 11.2 Å². The van der Waals surface area contributed by atoms with Crippen LogP contribution in [0.5, 0.6) is 11.5 Å². The minimum Gasteiger partial charge on any atom is -0.493 e. The van der Waals surface area contributed by atoms with Crippen LogP contribution in [-0.4, -0.2) is 20.1 Å². The minimum absolute atomic E-state index is 0.00312. The number of nitrogens with one attached hydrogen (secondary N) is 1. The highest BCUT2D eigenvalue weighted by Gasteiger charge is 2.13. The topological polar surface area (TPSA) is 47.6 Å². The van der Waals surface area contributed by atoms with Crippen LogP contribution in [0.3, 0.4) is 0 Å². The van der Waals surface area contributed by atoms with E-state index in [0.29, 0.717) is 17.9 Å². The van der Waals surface area contributed by atoms with Crippen LogP contribution >= 0.6 is 27.3 Å². The zero-order valence-corrected chi connectivity index (χ0v) is 15.1.